The summed E-state index contributed by atoms with van der Waals surface area (Å²) in [7, 11) is 0. The predicted molar refractivity (Wildman–Crippen MR) is 101 cm³/mol. The van der Waals surface area contributed by atoms with Crippen LogP contribution in [-0.2, 0) is 22.6 Å². The molecule has 1 N–H and O–H groups in total. The second-order valence-corrected chi connectivity index (χ2v) is 9.03. The Morgan fingerprint density at radius 3 is 3.10 bits per heavy atom. The van der Waals surface area contributed by atoms with Crippen LogP contribution in [0.25, 0.3) is 0 Å². The van der Waals surface area contributed by atoms with Crippen molar-refractivity contribution in [3.05, 3.63) is 30.2 Å². The molecule has 3 aliphatic heterocycles. The SMILES string of the molecule is O=C(Cn1cccn1)NC[C@H]1[C@H]2CN(Cc3nc(C4CC4)no3)C[C@]23CC[C@H]1O3. The van der Waals surface area contributed by atoms with Crippen molar-refractivity contribution in [3.8, 4) is 0 Å². The van der Waals surface area contributed by atoms with Gasteiger partial charge in [-0.2, -0.15) is 10.1 Å². The van der Waals surface area contributed by atoms with E-state index in [2.05, 4.69) is 25.5 Å². The van der Waals surface area contributed by atoms with Gasteiger partial charge in [0, 0.05) is 49.8 Å². The first-order valence-electron chi connectivity index (χ1n) is 10.7. The number of hydrogen-bond donors (Lipinski definition) is 1. The van der Waals surface area contributed by atoms with E-state index in [-0.39, 0.29) is 24.2 Å². The molecular formula is C20H26N6O3. The lowest BCUT2D eigenvalue weighted by atomic mass is 9.73. The van der Waals surface area contributed by atoms with Gasteiger partial charge >= 0.3 is 0 Å². The van der Waals surface area contributed by atoms with E-state index >= 15 is 0 Å². The Morgan fingerprint density at radius 2 is 2.28 bits per heavy atom. The van der Waals surface area contributed by atoms with Gasteiger partial charge in [-0.15, -0.1) is 0 Å². The highest BCUT2D eigenvalue weighted by Crippen LogP contribution is 2.54. The molecule has 4 fully saturated rings. The van der Waals surface area contributed by atoms with Crippen molar-refractivity contribution in [3.63, 3.8) is 0 Å². The van der Waals surface area contributed by atoms with Crippen LogP contribution in [0, 0.1) is 11.8 Å². The summed E-state index contributed by atoms with van der Waals surface area (Å²) in [5, 5.41) is 11.3. The number of aromatic nitrogens is 4. The normalized spacial score (nSPS) is 33.3. The fraction of sp³-hybridized carbons (Fsp3) is 0.700. The fourth-order valence-corrected chi connectivity index (χ4v) is 5.54. The first kappa shape index (κ1) is 17.6. The lowest BCUT2D eigenvalue weighted by molar-refractivity contribution is -0.122. The molecule has 9 heteroatoms. The largest absolute Gasteiger partial charge is 0.370 e. The smallest absolute Gasteiger partial charge is 0.241 e. The van der Waals surface area contributed by atoms with Crippen LogP contribution in [0.3, 0.4) is 0 Å². The van der Waals surface area contributed by atoms with Crippen LogP contribution in [0.1, 0.15) is 43.3 Å². The molecule has 4 atom stereocenters. The lowest BCUT2D eigenvalue weighted by Gasteiger charge is -2.29. The van der Waals surface area contributed by atoms with E-state index in [1.165, 1.54) is 12.8 Å². The van der Waals surface area contributed by atoms with Crippen LogP contribution in [0.2, 0.25) is 0 Å². The molecule has 0 unspecified atom stereocenters. The fourth-order valence-electron chi connectivity index (χ4n) is 5.54. The zero-order chi connectivity index (χ0) is 19.4. The first-order valence-corrected chi connectivity index (χ1v) is 10.7. The third kappa shape index (κ3) is 3.16. The first-order chi connectivity index (χ1) is 14.2. The second-order valence-electron chi connectivity index (χ2n) is 9.03. The highest BCUT2D eigenvalue weighted by molar-refractivity contribution is 5.75. The predicted octanol–water partition coefficient (Wildman–Crippen LogP) is 0.939. The third-order valence-electron chi connectivity index (χ3n) is 7.04. The van der Waals surface area contributed by atoms with E-state index in [0.29, 0.717) is 36.7 Å². The van der Waals surface area contributed by atoms with E-state index in [1.54, 1.807) is 17.1 Å². The maximum absolute atomic E-state index is 12.3. The highest BCUT2D eigenvalue weighted by atomic mass is 16.5. The molecule has 1 aliphatic carbocycles. The molecule has 1 amide bonds. The van der Waals surface area contributed by atoms with Gasteiger partial charge in [0.05, 0.1) is 18.2 Å². The summed E-state index contributed by atoms with van der Waals surface area (Å²) in [5.41, 5.74) is -0.0681. The Hall–Kier alpha value is -2.26. The van der Waals surface area contributed by atoms with E-state index in [0.717, 1.165) is 31.8 Å². The second kappa shape index (κ2) is 6.63. The maximum atomic E-state index is 12.3. The van der Waals surface area contributed by atoms with Crippen LogP contribution >= 0.6 is 0 Å². The van der Waals surface area contributed by atoms with Crippen molar-refractivity contribution in [1.29, 1.82) is 0 Å². The minimum Gasteiger partial charge on any atom is -0.370 e. The van der Waals surface area contributed by atoms with E-state index in [9.17, 15) is 4.79 Å². The van der Waals surface area contributed by atoms with Gasteiger partial charge < -0.3 is 14.6 Å². The Bertz CT molecular complexity index is 894. The summed E-state index contributed by atoms with van der Waals surface area (Å²) >= 11 is 0. The molecule has 0 aromatic carbocycles. The van der Waals surface area contributed by atoms with Crippen molar-refractivity contribution >= 4 is 5.91 Å². The average Bonchev–Trinajstić information content (AvgIpc) is 3.14. The number of amides is 1. The number of hydrogen-bond acceptors (Lipinski definition) is 7. The minimum absolute atomic E-state index is 0.00107. The third-order valence-corrected chi connectivity index (χ3v) is 7.04. The van der Waals surface area contributed by atoms with Crippen LogP contribution in [0.5, 0.6) is 0 Å². The molecule has 2 aromatic heterocycles. The van der Waals surface area contributed by atoms with Gasteiger partial charge in [-0.25, -0.2) is 0 Å². The molecule has 6 rings (SSSR count). The minimum atomic E-state index is -0.0681. The molecule has 3 saturated heterocycles. The molecule has 2 aromatic rings. The van der Waals surface area contributed by atoms with Crippen molar-refractivity contribution in [1.82, 2.24) is 30.1 Å². The highest BCUT2D eigenvalue weighted by Gasteiger charge is 2.62. The van der Waals surface area contributed by atoms with E-state index < -0.39 is 0 Å². The molecule has 0 radical (unpaired) electrons. The number of likely N-dealkylation sites (tertiary alicyclic amines) is 1. The zero-order valence-corrected chi connectivity index (χ0v) is 16.4. The van der Waals surface area contributed by atoms with E-state index in [4.69, 9.17) is 9.26 Å². The van der Waals surface area contributed by atoms with Crippen LogP contribution in [0.15, 0.2) is 23.0 Å². The van der Waals surface area contributed by atoms with Gasteiger partial charge in [0.1, 0.15) is 6.54 Å². The number of nitrogens with zero attached hydrogens (tertiary/aromatic N) is 5. The van der Waals surface area contributed by atoms with Crippen molar-refractivity contribution in [2.45, 2.75) is 56.4 Å². The van der Waals surface area contributed by atoms with Gasteiger partial charge in [-0.05, 0) is 31.7 Å². The molecule has 1 saturated carbocycles. The van der Waals surface area contributed by atoms with Crippen molar-refractivity contribution in [2.24, 2.45) is 11.8 Å². The quantitative estimate of drug-likeness (QED) is 0.741. The van der Waals surface area contributed by atoms with Gasteiger partial charge in [0.25, 0.3) is 0 Å². The van der Waals surface area contributed by atoms with Gasteiger partial charge in [-0.3, -0.25) is 14.4 Å². The zero-order valence-electron chi connectivity index (χ0n) is 16.4. The van der Waals surface area contributed by atoms with Gasteiger partial charge in [0.15, 0.2) is 5.82 Å². The molecule has 154 valence electrons. The summed E-state index contributed by atoms with van der Waals surface area (Å²) in [4.78, 5) is 19.2. The van der Waals surface area contributed by atoms with E-state index in [1.807, 2.05) is 6.07 Å². The van der Waals surface area contributed by atoms with Gasteiger partial charge in [-0.1, -0.05) is 5.16 Å². The Kier molecular flexibility index (Phi) is 4.02. The monoisotopic (exact) mass is 398 g/mol. The molecule has 4 aliphatic rings. The Labute approximate surface area is 168 Å². The summed E-state index contributed by atoms with van der Waals surface area (Å²) < 4.78 is 13.6. The molecule has 29 heavy (non-hydrogen) atoms. The molecule has 2 bridgehead atoms. The van der Waals surface area contributed by atoms with Crippen LogP contribution in [-0.4, -0.2) is 62.1 Å². The summed E-state index contributed by atoms with van der Waals surface area (Å²) in [5.74, 6) is 2.89. The lowest BCUT2D eigenvalue weighted by Crippen LogP contribution is -2.42. The number of fused-ring (bicyclic) bond motifs is 1. The Balaban J connectivity index is 1.08. The molecule has 9 nitrogen and oxygen atoms in total. The number of carbonyl (C=O) groups is 1. The standard InChI is InChI=1S/C20H26N6O3/c27-17(10-26-7-1-6-22-26)21-8-14-15-9-25(12-20(15)5-4-16(14)28-20)11-18-23-19(24-29-18)13-2-3-13/h1,6-7,13-16H,2-5,8-12H2,(H,21,27)/t14-,15+,16+,20+/m0/s1. The van der Waals surface area contributed by atoms with Gasteiger partial charge in [0.2, 0.25) is 11.8 Å². The number of ether oxygens (including phenoxy) is 1. The number of nitrogens with one attached hydrogen (secondary N) is 1. The average molecular weight is 398 g/mol. The maximum Gasteiger partial charge on any atom is 0.241 e. The Morgan fingerprint density at radius 1 is 1.34 bits per heavy atom. The summed E-state index contributed by atoms with van der Waals surface area (Å²) in [6.07, 6.45) is 8.29. The van der Waals surface area contributed by atoms with Crippen LogP contribution < -0.4 is 5.32 Å². The van der Waals surface area contributed by atoms with Crippen molar-refractivity contribution in [2.75, 3.05) is 19.6 Å². The van der Waals surface area contributed by atoms with Crippen LogP contribution in [0.4, 0.5) is 0 Å². The molecular weight excluding hydrogens is 372 g/mol. The van der Waals surface area contributed by atoms with Crippen molar-refractivity contribution < 1.29 is 14.1 Å². The number of carbonyl (C=O) groups excluding carboxylic acids is 1. The molecule has 1 spiro atoms. The number of rotatable bonds is 7. The summed E-state index contributed by atoms with van der Waals surface area (Å²) in [6.45, 7) is 3.47. The summed E-state index contributed by atoms with van der Waals surface area (Å²) in [6, 6.07) is 1.82. The topological polar surface area (TPSA) is 98.3 Å². The molecule has 5 heterocycles.